The van der Waals surface area contributed by atoms with Crippen molar-refractivity contribution in [3.63, 3.8) is 0 Å². The van der Waals surface area contributed by atoms with E-state index in [1.54, 1.807) is 11.8 Å². The Labute approximate surface area is 157 Å². The van der Waals surface area contributed by atoms with E-state index in [1.165, 1.54) is 41.5 Å². The molecule has 0 aliphatic heterocycles. The van der Waals surface area contributed by atoms with Gasteiger partial charge < -0.3 is 5.32 Å². The number of rotatable bonds is 4. The summed E-state index contributed by atoms with van der Waals surface area (Å²) in [5.74, 6) is 0.947. The maximum Gasteiger partial charge on any atom is 0.233 e. The maximum atomic E-state index is 12.6. The van der Waals surface area contributed by atoms with Gasteiger partial charge in [-0.05, 0) is 57.9 Å². The fraction of sp³-hybridized carbons (Fsp3) is 0.632. The second kappa shape index (κ2) is 7.23. The molecular formula is C19H25N3OS2. The molecule has 0 saturated heterocycles. The molecule has 2 aromatic rings. The first-order valence-electron chi connectivity index (χ1n) is 9.37. The quantitative estimate of drug-likeness (QED) is 0.635. The predicted octanol–water partition coefficient (Wildman–Crippen LogP) is 4.42. The van der Waals surface area contributed by atoms with E-state index < -0.39 is 0 Å². The van der Waals surface area contributed by atoms with Crippen LogP contribution in [0.2, 0.25) is 0 Å². The molecule has 0 spiro atoms. The molecule has 4 rings (SSSR count). The monoisotopic (exact) mass is 375 g/mol. The second-order valence-corrected chi connectivity index (χ2v) is 9.63. The van der Waals surface area contributed by atoms with Gasteiger partial charge in [0, 0.05) is 16.3 Å². The molecule has 2 aliphatic carbocycles. The molecule has 25 heavy (non-hydrogen) atoms. The minimum Gasteiger partial charge on any atom is -0.352 e. The molecule has 1 saturated carbocycles. The number of thioether (sulfide) groups is 1. The molecule has 0 aromatic carbocycles. The van der Waals surface area contributed by atoms with Crippen molar-refractivity contribution in [1.82, 2.24) is 15.3 Å². The standard InChI is InChI=1S/C19H25N3OS2/c1-11(17(23)22-13-7-3-4-8-13)24-18-16-14-9-5-6-10-15(14)25-19(16)21-12(2)20-18/h11,13H,3-10H2,1-2H3,(H,22,23)/t11-/m1/s1. The number of carbonyl (C=O) groups is 1. The molecule has 2 aliphatic rings. The molecule has 2 heterocycles. The second-order valence-electron chi connectivity index (χ2n) is 7.22. The number of nitrogens with one attached hydrogen (secondary N) is 1. The van der Waals surface area contributed by atoms with E-state index in [4.69, 9.17) is 4.98 Å². The van der Waals surface area contributed by atoms with Gasteiger partial charge in [0.2, 0.25) is 5.91 Å². The highest BCUT2D eigenvalue weighted by Crippen LogP contribution is 2.40. The normalized spacial score (nSPS) is 19.1. The molecule has 134 valence electrons. The van der Waals surface area contributed by atoms with E-state index in [9.17, 15) is 4.79 Å². The molecule has 0 bridgehead atoms. The third kappa shape index (κ3) is 3.56. The average Bonchev–Trinajstić information content (AvgIpc) is 3.21. The Bertz CT molecular complexity index is 796. The molecule has 1 atom stereocenters. The Morgan fingerprint density at radius 2 is 1.96 bits per heavy atom. The lowest BCUT2D eigenvalue weighted by Gasteiger charge is -2.17. The van der Waals surface area contributed by atoms with Crippen LogP contribution in [-0.4, -0.2) is 27.2 Å². The highest BCUT2D eigenvalue weighted by atomic mass is 32.2. The third-order valence-corrected chi connectivity index (χ3v) is 7.52. The lowest BCUT2D eigenvalue weighted by atomic mass is 9.97. The van der Waals surface area contributed by atoms with Crippen molar-refractivity contribution >= 4 is 39.2 Å². The van der Waals surface area contributed by atoms with Crippen LogP contribution in [0.15, 0.2) is 5.03 Å². The number of carbonyl (C=O) groups excluding carboxylic acids is 1. The van der Waals surface area contributed by atoms with Gasteiger partial charge in [-0.25, -0.2) is 9.97 Å². The molecule has 0 unspecified atom stereocenters. The summed E-state index contributed by atoms with van der Waals surface area (Å²) in [7, 11) is 0. The maximum absolute atomic E-state index is 12.6. The Kier molecular flexibility index (Phi) is 5.00. The summed E-state index contributed by atoms with van der Waals surface area (Å²) in [6, 6.07) is 0.372. The SMILES string of the molecule is Cc1nc(S[C@H](C)C(=O)NC2CCCC2)c2c3c(sc2n1)CCCC3. The van der Waals surface area contributed by atoms with Gasteiger partial charge in [-0.2, -0.15) is 0 Å². The topological polar surface area (TPSA) is 54.9 Å². The van der Waals surface area contributed by atoms with Gasteiger partial charge in [0.1, 0.15) is 15.7 Å². The first-order valence-corrected chi connectivity index (χ1v) is 11.1. The van der Waals surface area contributed by atoms with Gasteiger partial charge in [-0.1, -0.05) is 24.6 Å². The van der Waals surface area contributed by atoms with Crippen LogP contribution in [0, 0.1) is 6.92 Å². The summed E-state index contributed by atoms with van der Waals surface area (Å²) in [6.45, 7) is 3.95. The molecule has 6 heteroatoms. The fourth-order valence-electron chi connectivity index (χ4n) is 3.92. The molecular weight excluding hydrogens is 350 g/mol. The van der Waals surface area contributed by atoms with Crippen LogP contribution < -0.4 is 5.32 Å². The van der Waals surface area contributed by atoms with E-state index in [0.29, 0.717) is 6.04 Å². The Morgan fingerprint density at radius 1 is 1.20 bits per heavy atom. The van der Waals surface area contributed by atoms with Crippen molar-refractivity contribution in [3.05, 3.63) is 16.3 Å². The number of nitrogens with zero attached hydrogens (tertiary/aromatic N) is 2. The van der Waals surface area contributed by atoms with Gasteiger partial charge >= 0.3 is 0 Å². The van der Waals surface area contributed by atoms with Crippen LogP contribution in [0.1, 0.15) is 61.7 Å². The zero-order valence-corrected chi connectivity index (χ0v) is 16.6. The minimum atomic E-state index is -0.128. The number of aryl methyl sites for hydroxylation is 3. The van der Waals surface area contributed by atoms with Crippen LogP contribution in [0.5, 0.6) is 0 Å². The minimum absolute atomic E-state index is 0.128. The van der Waals surface area contributed by atoms with Gasteiger partial charge in [-0.15, -0.1) is 11.3 Å². The van der Waals surface area contributed by atoms with E-state index in [-0.39, 0.29) is 11.2 Å². The van der Waals surface area contributed by atoms with Crippen molar-refractivity contribution in [2.75, 3.05) is 0 Å². The lowest BCUT2D eigenvalue weighted by molar-refractivity contribution is -0.120. The summed E-state index contributed by atoms with van der Waals surface area (Å²) in [4.78, 5) is 24.5. The number of amides is 1. The Morgan fingerprint density at radius 3 is 2.76 bits per heavy atom. The van der Waals surface area contributed by atoms with Crippen molar-refractivity contribution in [2.24, 2.45) is 0 Å². The lowest BCUT2D eigenvalue weighted by Crippen LogP contribution is -2.37. The van der Waals surface area contributed by atoms with Crippen LogP contribution in [0.25, 0.3) is 10.2 Å². The summed E-state index contributed by atoms with van der Waals surface area (Å²) >= 11 is 3.42. The van der Waals surface area contributed by atoms with Crippen LogP contribution in [-0.2, 0) is 17.6 Å². The van der Waals surface area contributed by atoms with Crippen molar-refractivity contribution < 1.29 is 4.79 Å². The van der Waals surface area contributed by atoms with E-state index in [1.807, 2.05) is 25.2 Å². The van der Waals surface area contributed by atoms with Crippen LogP contribution >= 0.6 is 23.1 Å². The average molecular weight is 376 g/mol. The zero-order chi connectivity index (χ0) is 17.4. The summed E-state index contributed by atoms with van der Waals surface area (Å²) < 4.78 is 0. The molecule has 1 amide bonds. The molecule has 0 radical (unpaired) electrons. The highest BCUT2D eigenvalue weighted by molar-refractivity contribution is 8.00. The first-order chi connectivity index (χ1) is 12.1. The van der Waals surface area contributed by atoms with Gasteiger partial charge in [0.15, 0.2) is 0 Å². The number of thiophene rings is 1. The largest absolute Gasteiger partial charge is 0.352 e. The van der Waals surface area contributed by atoms with E-state index in [2.05, 4.69) is 10.3 Å². The number of aromatic nitrogens is 2. The summed E-state index contributed by atoms with van der Waals surface area (Å²) in [5, 5.41) is 5.30. The first kappa shape index (κ1) is 17.3. The predicted molar refractivity (Wildman–Crippen MR) is 105 cm³/mol. The molecule has 1 fully saturated rings. The van der Waals surface area contributed by atoms with Crippen LogP contribution in [0.3, 0.4) is 0 Å². The van der Waals surface area contributed by atoms with Gasteiger partial charge in [0.05, 0.1) is 5.25 Å². The van der Waals surface area contributed by atoms with Crippen molar-refractivity contribution in [2.45, 2.75) is 81.5 Å². The summed E-state index contributed by atoms with van der Waals surface area (Å²) in [6.07, 6.45) is 9.52. The molecule has 1 N–H and O–H groups in total. The van der Waals surface area contributed by atoms with Gasteiger partial charge in [-0.3, -0.25) is 4.79 Å². The number of hydrogen-bond acceptors (Lipinski definition) is 5. The van der Waals surface area contributed by atoms with Crippen molar-refractivity contribution in [3.8, 4) is 0 Å². The molecule has 4 nitrogen and oxygen atoms in total. The summed E-state index contributed by atoms with van der Waals surface area (Å²) in [5.41, 5.74) is 1.44. The Hall–Kier alpha value is -1.14. The Balaban J connectivity index is 1.59. The zero-order valence-electron chi connectivity index (χ0n) is 14.9. The molecule has 2 aromatic heterocycles. The van der Waals surface area contributed by atoms with Gasteiger partial charge in [0.25, 0.3) is 0 Å². The number of hydrogen-bond donors (Lipinski definition) is 1. The highest BCUT2D eigenvalue weighted by Gasteiger charge is 2.25. The van der Waals surface area contributed by atoms with Crippen LogP contribution in [0.4, 0.5) is 0 Å². The van der Waals surface area contributed by atoms with Crippen molar-refractivity contribution in [1.29, 1.82) is 0 Å². The third-order valence-electron chi connectivity index (χ3n) is 5.25. The van der Waals surface area contributed by atoms with E-state index in [0.717, 1.165) is 41.4 Å². The number of fused-ring (bicyclic) bond motifs is 3. The van der Waals surface area contributed by atoms with E-state index >= 15 is 0 Å². The fourth-order valence-corrected chi connectivity index (χ4v) is 6.32. The smallest absolute Gasteiger partial charge is 0.233 e.